The van der Waals surface area contributed by atoms with Gasteiger partial charge in [0.1, 0.15) is 5.82 Å². The van der Waals surface area contributed by atoms with E-state index in [4.69, 9.17) is 10.6 Å². The Morgan fingerprint density at radius 3 is 2.63 bits per heavy atom. The third-order valence-electron chi connectivity index (χ3n) is 3.36. The van der Waals surface area contributed by atoms with Crippen LogP contribution >= 0.6 is 0 Å². The molecule has 1 heterocycles. The van der Waals surface area contributed by atoms with E-state index in [0.29, 0.717) is 0 Å². The average Bonchev–Trinajstić information content (AvgIpc) is 2.75. The second-order valence-corrected chi connectivity index (χ2v) is 6.04. The van der Waals surface area contributed by atoms with Crippen molar-refractivity contribution in [3.05, 3.63) is 18.2 Å². The second kappa shape index (κ2) is 7.03. The van der Waals surface area contributed by atoms with Crippen molar-refractivity contribution in [2.24, 2.45) is 11.3 Å². The quantitative estimate of drug-likeness (QED) is 0.584. The van der Waals surface area contributed by atoms with E-state index in [1.807, 2.05) is 12.4 Å². The normalized spacial score (nSPS) is 15.5. The van der Waals surface area contributed by atoms with Crippen molar-refractivity contribution in [2.75, 3.05) is 7.11 Å². The van der Waals surface area contributed by atoms with Crippen LogP contribution in [-0.2, 0) is 17.7 Å². The number of aromatic nitrogens is 2. The standard InChI is InChI=1S/C14H28N4O/c1-6-8-18-9-7-16-12(18)10-11(17-15)13(19-5)14(2,3)4/h7,9,11,13,17H,6,8,10,15H2,1-5H3. The molecule has 1 aromatic rings. The number of hydrazine groups is 1. The van der Waals surface area contributed by atoms with Crippen molar-refractivity contribution in [3.63, 3.8) is 0 Å². The Hall–Kier alpha value is -0.910. The van der Waals surface area contributed by atoms with Gasteiger partial charge in [0, 0.05) is 32.5 Å². The van der Waals surface area contributed by atoms with E-state index < -0.39 is 0 Å². The van der Waals surface area contributed by atoms with Crippen molar-refractivity contribution in [1.82, 2.24) is 15.0 Å². The number of rotatable bonds is 7. The van der Waals surface area contributed by atoms with Gasteiger partial charge in [0.05, 0.1) is 12.1 Å². The highest BCUT2D eigenvalue weighted by molar-refractivity contribution is 4.99. The maximum absolute atomic E-state index is 5.72. The molecule has 2 unspecified atom stereocenters. The highest BCUT2D eigenvalue weighted by Crippen LogP contribution is 2.25. The summed E-state index contributed by atoms with van der Waals surface area (Å²) in [7, 11) is 1.73. The van der Waals surface area contributed by atoms with Crippen molar-refractivity contribution in [2.45, 2.75) is 59.2 Å². The minimum Gasteiger partial charge on any atom is -0.379 e. The van der Waals surface area contributed by atoms with Gasteiger partial charge in [-0.3, -0.25) is 11.3 Å². The molecule has 3 N–H and O–H groups in total. The molecule has 0 aliphatic carbocycles. The molecule has 0 aliphatic heterocycles. The highest BCUT2D eigenvalue weighted by atomic mass is 16.5. The minimum atomic E-state index is 0.0218. The zero-order valence-electron chi connectivity index (χ0n) is 12.8. The predicted molar refractivity (Wildman–Crippen MR) is 77.6 cm³/mol. The van der Waals surface area contributed by atoms with E-state index >= 15 is 0 Å². The molecule has 0 radical (unpaired) electrons. The van der Waals surface area contributed by atoms with Crippen LogP contribution in [0.1, 0.15) is 39.9 Å². The van der Waals surface area contributed by atoms with Crippen LogP contribution in [0.4, 0.5) is 0 Å². The number of nitrogens with zero attached hydrogens (tertiary/aromatic N) is 2. The SMILES string of the molecule is CCCn1ccnc1CC(NN)C(OC)C(C)(C)C. The Morgan fingerprint density at radius 1 is 1.47 bits per heavy atom. The minimum absolute atomic E-state index is 0.0218. The fourth-order valence-corrected chi connectivity index (χ4v) is 2.55. The lowest BCUT2D eigenvalue weighted by atomic mass is 9.83. The van der Waals surface area contributed by atoms with Crippen LogP contribution in [0.3, 0.4) is 0 Å². The van der Waals surface area contributed by atoms with Gasteiger partial charge in [0.2, 0.25) is 0 Å². The number of methoxy groups -OCH3 is 1. The summed E-state index contributed by atoms with van der Waals surface area (Å²) in [6.07, 6.45) is 5.75. The van der Waals surface area contributed by atoms with Crippen LogP contribution in [0, 0.1) is 5.41 Å². The maximum atomic E-state index is 5.72. The van der Waals surface area contributed by atoms with E-state index in [1.54, 1.807) is 7.11 Å². The van der Waals surface area contributed by atoms with Crippen molar-refractivity contribution in [3.8, 4) is 0 Å². The number of hydrogen-bond acceptors (Lipinski definition) is 4. The third-order valence-corrected chi connectivity index (χ3v) is 3.36. The summed E-state index contributed by atoms with van der Waals surface area (Å²) in [6, 6.07) is 0.0445. The Labute approximate surface area is 116 Å². The van der Waals surface area contributed by atoms with E-state index in [-0.39, 0.29) is 17.6 Å². The van der Waals surface area contributed by atoms with Crippen LogP contribution in [0.2, 0.25) is 0 Å². The van der Waals surface area contributed by atoms with Gasteiger partial charge in [0.25, 0.3) is 0 Å². The molecular weight excluding hydrogens is 240 g/mol. The Kier molecular flexibility index (Phi) is 5.97. The zero-order chi connectivity index (χ0) is 14.5. The summed E-state index contributed by atoms with van der Waals surface area (Å²) >= 11 is 0. The Morgan fingerprint density at radius 2 is 2.16 bits per heavy atom. The summed E-state index contributed by atoms with van der Waals surface area (Å²) in [6.45, 7) is 9.62. The summed E-state index contributed by atoms with van der Waals surface area (Å²) in [5.74, 6) is 6.77. The maximum Gasteiger partial charge on any atom is 0.110 e. The second-order valence-electron chi connectivity index (χ2n) is 6.04. The molecule has 1 rings (SSSR count). The van der Waals surface area contributed by atoms with E-state index in [1.165, 1.54) is 0 Å². The van der Waals surface area contributed by atoms with Crippen LogP contribution in [-0.4, -0.2) is 28.8 Å². The molecule has 5 heteroatoms. The van der Waals surface area contributed by atoms with Gasteiger partial charge in [-0.25, -0.2) is 4.98 Å². The Balaban J connectivity index is 2.83. The largest absolute Gasteiger partial charge is 0.379 e. The van der Waals surface area contributed by atoms with Gasteiger partial charge in [-0.15, -0.1) is 0 Å². The van der Waals surface area contributed by atoms with Crippen LogP contribution in [0.15, 0.2) is 12.4 Å². The molecule has 5 nitrogen and oxygen atoms in total. The number of nitrogens with two attached hydrogens (primary N) is 1. The number of aryl methyl sites for hydroxylation is 1. The average molecular weight is 268 g/mol. The van der Waals surface area contributed by atoms with Gasteiger partial charge in [0.15, 0.2) is 0 Å². The molecule has 0 aromatic carbocycles. The van der Waals surface area contributed by atoms with Gasteiger partial charge < -0.3 is 9.30 Å². The van der Waals surface area contributed by atoms with Crippen LogP contribution in [0.5, 0.6) is 0 Å². The molecular formula is C14H28N4O. The molecule has 1 aromatic heterocycles. The number of ether oxygens (including phenoxy) is 1. The summed E-state index contributed by atoms with van der Waals surface area (Å²) in [5, 5.41) is 0. The lowest BCUT2D eigenvalue weighted by Crippen LogP contribution is -2.51. The fraction of sp³-hybridized carbons (Fsp3) is 0.786. The number of imidazole rings is 1. The molecule has 0 spiro atoms. The molecule has 2 atom stereocenters. The molecule has 0 saturated heterocycles. The van der Waals surface area contributed by atoms with Crippen LogP contribution < -0.4 is 11.3 Å². The number of nitrogens with one attached hydrogen (secondary N) is 1. The van der Waals surface area contributed by atoms with Gasteiger partial charge in [-0.1, -0.05) is 27.7 Å². The Bertz CT molecular complexity index is 370. The van der Waals surface area contributed by atoms with Gasteiger partial charge in [-0.2, -0.15) is 0 Å². The van der Waals surface area contributed by atoms with E-state index in [0.717, 1.165) is 25.2 Å². The van der Waals surface area contributed by atoms with Gasteiger partial charge in [-0.05, 0) is 11.8 Å². The third kappa shape index (κ3) is 4.30. The molecule has 110 valence electrons. The molecule has 19 heavy (non-hydrogen) atoms. The first-order chi connectivity index (χ1) is 8.93. The fourth-order valence-electron chi connectivity index (χ4n) is 2.55. The summed E-state index contributed by atoms with van der Waals surface area (Å²) in [4.78, 5) is 4.43. The topological polar surface area (TPSA) is 65.1 Å². The van der Waals surface area contributed by atoms with Crippen molar-refractivity contribution < 1.29 is 4.74 Å². The summed E-state index contributed by atoms with van der Waals surface area (Å²) < 4.78 is 7.82. The van der Waals surface area contributed by atoms with E-state index in [9.17, 15) is 0 Å². The highest BCUT2D eigenvalue weighted by Gasteiger charge is 2.32. The first-order valence-corrected chi connectivity index (χ1v) is 6.93. The number of hydrogen-bond donors (Lipinski definition) is 2. The first kappa shape index (κ1) is 16.1. The van der Waals surface area contributed by atoms with Crippen molar-refractivity contribution >= 4 is 0 Å². The van der Waals surface area contributed by atoms with Crippen molar-refractivity contribution in [1.29, 1.82) is 0 Å². The molecule has 0 aliphatic rings. The lowest BCUT2D eigenvalue weighted by molar-refractivity contribution is -0.0116. The molecule has 0 bridgehead atoms. The summed E-state index contributed by atoms with van der Waals surface area (Å²) in [5.41, 5.74) is 2.91. The van der Waals surface area contributed by atoms with E-state index in [2.05, 4.69) is 42.7 Å². The zero-order valence-corrected chi connectivity index (χ0v) is 12.8. The smallest absolute Gasteiger partial charge is 0.110 e. The molecule has 0 fully saturated rings. The monoisotopic (exact) mass is 268 g/mol. The molecule has 0 amide bonds. The van der Waals surface area contributed by atoms with Crippen LogP contribution in [0.25, 0.3) is 0 Å². The lowest BCUT2D eigenvalue weighted by Gasteiger charge is -2.35. The van der Waals surface area contributed by atoms with Gasteiger partial charge >= 0.3 is 0 Å². The molecule has 0 saturated carbocycles. The predicted octanol–water partition coefficient (Wildman–Crippen LogP) is 1.73. The first-order valence-electron chi connectivity index (χ1n) is 6.93.